The second kappa shape index (κ2) is 10.2. The molecule has 0 unspecified atom stereocenters. The van der Waals surface area contributed by atoms with Crippen LogP contribution < -0.4 is 4.74 Å². The van der Waals surface area contributed by atoms with E-state index in [4.69, 9.17) is 9.47 Å². The van der Waals surface area contributed by atoms with Gasteiger partial charge in [-0.1, -0.05) is 12.1 Å². The molecule has 0 atom stereocenters. The highest BCUT2D eigenvalue weighted by Gasteiger charge is 2.31. The third-order valence-corrected chi connectivity index (χ3v) is 6.76. The molecule has 0 radical (unpaired) electrons. The van der Waals surface area contributed by atoms with Crippen molar-refractivity contribution in [3.63, 3.8) is 0 Å². The van der Waals surface area contributed by atoms with E-state index in [0.29, 0.717) is 37.2 Å². The number of benzene rings is 2. The molecule has 0 N–H and O–H groups in total. The molecule has 0 aliphatic carbocycles. The fourth-order valence-electron chi connectivity index (χ4n) is 3.21. The Bertz CT molecular complexity index is 1020. The summed E-state index contributed by atoms with van der Waals surface area (Å²) in [5, 5.41) is 0. The number of rotatable bonds is 8. The van der Waals surface area contributed by atoms with Gasteiger partial charge < -0.3 is 14.4 Å². The van der Waals surface area contributed by atoms with Gasteiger partial charge in [-0.2, -0.15) is 4.31 Å². The Morgan fingerprint density at radius 1 is 1.00 bits per heavy atom. The van der Waals surface area contributed by atoms with Gasteiger partial charge in [0.25, 0.3) is 5.91 Å². The first kappa shape index (κ1) is 23.1. The number of carbonyl (C=O) groups excluding carboxylic acids is 1. The third kappa shape index (κ3) is 5.38. The average Bonchev–Trinajstić information content (AvgIpc) is 2.78. The second-order valence-corrected chi connectivity index (χ2v) is 8.75. The summed E-state index contributed by atoms with van der Waals surface area (Å²) in [7, 11) is -3.99. The van der Waals surface area contributed by atoms with Crippen molar-refractivity contribution in [2.24, 2.45) is 0 Å². The van der Waals surface area contributed by atoms with Crippen molar-refractivity contribution in [1.82, 2.24) is 9.21 Å². The van der Waals surface area contributed by atoms with Gasteiger partial charge in [-0.05, 0) is 37.3 Å². The molecule has 2 aromatic carbocycles. The van der Waals surface area contributed by atoms with Crippen LogP contribution in [0.25, 0.3) is 0 Å². The van der Waals surface area contributed by atoms with Gasteiger partial charge >= 0.3 is 0 Å². The lowest BCUT2D eigenvalue weighted by atomic mass is 10.1. The first-order chi connectivity index (χ1) is 14.8. The number of sulfonamides is 1. The van der Waals surface area contributed by atoms with E-state index in [-0.39, 0.29) is 37.0 Å². The lowest BCUT2D eigenvalue weighted by Gasteiger charge is -2.34. The molecule has 168 valence electrons. The van der Waals surface area contributed by atoms with Crippen molar-refractivity contribution in [3.8, 4) is 5.75 Å². The standard InChI is InChI=1S/C21H24F2N2O5S/c1-2-29-13-14-30-20-6-4-3-5-17(20)21(26)24-9-11-25(12-10-24)31(27,28)16-7-8-18(22)19(23)15-16/h3-8,15H,2,9-14H2,1H3. The summed E-state index contributed by atoms with van der Waals surface area (Å²) < 4.78 is 64.1. The fourth-order valence-corrected chi connectivity index (χ4v) is 4.65. The lowest BCUT2D eigenvalue weighted by molar-refractivity contribution is 0.0688. The highest BCUT2D eigenvalue weighted by Crippen LogP contribution is 2.23. The number of carbonyl (C=O) groups is 1. The maximum absolute atomic E-state index is 13.5. The van der Waals surface area contributed by atoms with Crippen molar-refractivity contribution in [2.45, 2.75) is 11.8 Å². The van der Waals surface area contributed by atoms with E-state index in [2.05, 4.69) is 0 Å². The van der Waals surface area contributed by atoms with E-state index in [1.165, 1.54) is 0 Å². The Morgan fingerprint density at radius 3 is 2.39 bits per heavy atom. The number of amides is 1. The smallest absolute Gasteiger partial charge is 0.257 e. The van der Waals surface area contributed by atoms with Crippen LogP contribution in [0, 0.1) is 11.6 Å². The topological polar surface area (TPSA) is 76.2 Å². The zero-order valence-corrected chi connectivity index (χ0v) is 17.9. The molecule has 0 aromatic heterocycles. The van der Waals surface area contributed by atoms with Gasteiger partial charge in [0.15, 0.2) is 11.6 Å². The van der Waals surface area contributed by atoms with Gasteiger partial charge in [0.05, 0.1) is 17.1 Å². The predicted molar refractivity (Wildman–Crippen MR) is 109 cm³/mol. The molecule has 0 bridgehead atoms. The van der Waals surface area contributed by atoms with E-state index in [9.17, 15) is 22.0 Å². The molecule has 3 rings (SSSR count). The zero-order chi connectivity index (χ0) is 22.4. The molecule has 1 fully saturated rings. The Morgan fingerprint density at radius 2 is 1.71 bits per heavy atom. The molecule has 10 heteroatoms. The third-order valence-electron chi connectivity index (χ3n) is 4.86. The van der Waals surface area contributed by atoms with Crippen molar-refractivity contribution in [1.29, 1.82) is 0 Å². The molecular weight excluding hydrogens is 430 g/mol. The van der Waals surface area contributed by atoms with E-state index in [1.54, 1.807) is 29.2 Å². The van der Waals surface area contributed by atoms with E-state index >= 15 is 0 Å². The summed E-state index contributed by atoms with van der Waals surface area (Å²) in [5.74, 6) is -2.17. The molecule has 0 saturated carbocycles. The average molecular weight is 454 g/mol. The second-order valence-electron chi connectivity index (χ2n) is 6.81. The van der Waals surface area contributed by atoms with Crippen LogP contribution >= 0.6 is 0 Å². The Hall–Kier alpha value is -2.56. The SMILES string of the molecule is CCOCCOc1ccccc1C(=O)N1CCN(S(=O)(=O)c2ccc(F)c(F)c2)CC1. The molecule has 1 heterocycles. The first-order valence-electron chi connectivity index (χ1n) is 9.88. The number of hydrogen-bond acceptors (Lipinski definition) is 5. The van der Waals surface area contributed by atoms with Crippen molar-refractivity contribution in [2.75, 3.05) is 46.0 Å². The Balaban J connectivity index is 1.65. The normalized spacial score (nSPS) is 15.1. The van der Waals surface area contributed by atoms with Gasteiger partial charge in [0, 0.05) is 32.8 Å². The van der Waals surface area contributed by atoms with Crippen molar-refractivity contribution in [3.05, 3.63) is 59.7 Å². The van der Waals surface area contributed by atoms with Gasteiger partial charge in [0.2, 0.25) is 10.0 Å². The summed E-state index contributed by atoms with van der Waals surface area (Å²) in [6, 6.07) is 9.32. The largest absolute Gasteiger partial charge is 0.490 e. The minimum absolute atomic E-state index is 0.0421. The quantitative estimate of drug-likeness (QED) is 0.573. The van der Waals surface area contributed by atoms with Crippen LogP contribution in [0.15, 0.2) is 47.4 Å². The lowest BCUT2D eigenvalue weighted by Crippen LogP contribution is -2.50. The van der Waals surface area contributed by atoms with Crippen LogP contribution in [0.4, 0.5) is 8.78 Å². The van der Waals surface area contributed by atoms with Gasteiger partial charge in [-0.25, -0.2) is 17.2 Å². The molecule has 1 amide bonds. The van der Waals surface area contributed by atoms with Crippen LogP contribution in [0.3, 0.4) is 0 Å². The maximum atomic E-state index is 13.5. The van der Waals surface area contributed by atoms with Gasteiger partial charge in [-0.15, -0.1) is 0 Å². The van der Waals surface area contributed by atoms with E-state index in [0.717, 1.165) is 16.4 Å². The monoisotopic (exact) mass is 454 g/mol. The molecule has 1 aliphatic heterocycles. The van der Waals surface area contributed by atoms with E-state index in [1.807, 2.05) is 6.92 Å². The molecule has 2 aromatic rings. The molecule has 0 spiro atoms. The minimum atomic E-state index is -3.99. The van der Waals surface area contributed by atoms with Gasteiger partial charge in [0.1, 0.15) is 12.4 Å². The maximum Gasteiger partial charge on any atom is 0.257 e. The van der Waals surface area contributed by atoms with E-state index < -0.39 is 21.7 Å². The highest BCUT2D eigenvalue weighted by molar-refractivity contribution is 7.89. The fraction of sp³-hybridized carbons (Fsp3) is 0.381. The molecule has 1 aliphatic rings. The molecular formula is C21H24F2N2O5S. The summed E-state index contributed by atoms with van der Waals surface area (Å²) in [6.45, 7) is 3.56. The first-order valence-corrected chi connectivity index (χ1v) is 11.3. The predicted octanol–water partition coefficient (Wildman–Crippen LogP) is 2.53. The van der Waals surface area contributed by atoms with Crippen molar-refractivity contribution >= 4 is 15.9 Å². The zero-order valence-electron chi connectivity index (χ0n) is 17.1. The molecule has 1 saturated heterocycles. The molecule has 31 heavy (non-hydrogen) atoms. The van der Waals surface area contributed by atoms with Crippen LogP contribution in [0.2, 0.25) is 0 Å². The summed E-state index contributed by atoms with van der Waals surface area (Å²) in [6.07, 6.45) is 0. The number of para-hydroxylation sites is 1. The summed E-state index contributed by atoms with van der Waals surface area (Å²) in [4.78, 5) is 14.2. The number of nitrogens with zero attached hydrogens (tertiary/aromatic N) is 2. The van der Waals surface area contributed by atoms with Gasteiger partial charge in [-0.3, -0.25) is 4.79 Å². The highest BCUT2D eigenvalue weighted by atomic mass is 32.2. The summed E-state index contributed by atoms with van der Waals surface area (Å²) in [5.41, 5.74) is 0.385. The Labute approximate surface area is 180 Å². The minimum Gasteiger partial charge on any atom is -0.490 e. The summed E-state index contributed by atoms with van der Waals surface area (Å²) >= 11 is 0. The number of piperazine rings is 1. The van der Waals surface area contributed by atoms with Crippen LogP contribution in [0.5, 0.6) is 5.75 Å². The number of hydrogen-bond donors (Lipinski definition) is 0. The number of ether oxygens (including phenoxy) is 2. The van der Waals surface area contributed by atoms with Crippen LogP contribution in [-0.4, -0.2) is 69.5 Å². The molecule has 7 nitrogen and oxygen atoms in total. The number of halogens is 2. The Kier molecular flexibility index (Phi) is 7.58. The van der Waals surface area contributed by atoms with Crippen LogP contribution in [0.1, 0.15) is 17.3 Å². The van der Waals surface area contributed by atoms with Crippen molar-refractivity contribution < 1.29 is 31.5 Å². The van der Waals surface area contributed by atoms with Crippen LogP contribution in [-0.2, 0) is 14.8 Å².